The van der Waals surface area contributed by atoms with E-state index in [2.05, 4.69) is 10.6 Å². The van der Waals surface area contributed by atoms with Gasteiger partial charge in [0.25, 0.3) is 0 Å². The van der Waals surface area contributed by atoms with Crippen LogP contribution in [-0.2, 0) is 27.2 Å². The van der Waals surface area contributed by atoms with Crippen molar-refractivity contribution in [1.29, 1.82) is 0 Å². The van der Waals surface area contributed by atoms with Gasteiger partial charge in [0, 0.05) is 19.8 Å². The lowest BCUT2D eigenvalue weighted by Gasteiger charge is -2.21. The molecule has 0 radical (unpaired) electrons. The Morgan fingerprint density at radius 2 is 1.21 bits per heavy atom. The second kappa shape index (κ2) is 9.40. The Labute approximate surface area is 161 Å². The molecule has 148 valence electrons. The molecule has 0 aliphatic carbocycles. The zero-order valence-electron chi connectivity index (χ0n) is 15.3. The summed E-state index contributed by atoms with van der Waals surface area (Å²) in [6.45, 7) is 1.27. The Morgan fingerprint density at radius 1 is 0.786 bits per heavy atom. The number of carboxylic acid groups (broad SMARTS) is 1. The first-order valence-electron chi connectivity index (χ1n) is 8.60. The van der Waals surface area contributed by atoms with Crippen LogP contribution in [0.15, 0.2) is 48.5 Å². The third kappa shape index (κ3) is 6.31. The van der Waals surface area contributed by atoms with Crippen molar-refractivity contribution < 1.29 is 29.7 Å². The SMILES string of the molecule is CC(=O)N[C@H](Cc1ccc(O)cc1)C(=O)N[C@@H](Cc1ccc(O)cc1)C(=O)O. The predicted molar refractivity (Wildman–Crippen MR) is 101 cm³/mol. The zero-order valence-corrected chi connectivity index (χ0v) is 15.3. The lowest BCUT2D eigenvalue weighted by atomic mass is 10.0. The fraction of sp³-hybridized carbons (Fsp3) is 0.250. The molecule has 0 aliphatic rings. The minimum absolute atomic E-state index is 0.0212. The van der Waals surface area contributed by atoms with Gasteiger partial charge in [-0.1, -0.05) is 24.3 Å². The summed E-state index contributed by atoms with van der Waals surface area (Å²) in [5.74, 6) is -2.14. The molecule has 0 fully saturated rings. The highest BCUT2D eigenvalue weighted by molar-refractivity contribution is 5.90. The fourth-order valence-electron chi connectivity index (χ4n) is 2.66. The van der Waals surface area contributed by atoms with E-state index in [-0.39, 0.29) is 24.3 Å². The van der Waals surface area contributed by atoms with Gasteiger partial charge < -0.3 is 26.0 Å². The molecular formula is C20H22N2O6. The summed E-state index contributed by atoms with van der Waals surface area (Å²) in [5, 5.41) is 33.1. The molecule has 0 aromatic heterocycles. The average Bonchev–Trinajstić information content (AvgIpc) is 2.63. The smallest absolute Gasteiger partial charge is 0.326 e. The number of amides is 2. The molecule has 2 aromatic carbocycles. The Hall–Kier alpha value is -3.55. The van der Waals surface area contributed by atoms with Crippen molar-refractivity contribution in [3.8, 4) is 11.5 Å². The number of hydrogen-bond acceptors (Lipinski definition) is 5. The Balaban J connectivity index is 2.11. The highest BCUT2D eigenvalue weighted by Gasteiger charge is 2.26. The van der Waals surface area contributed by atoms with Gasteiger partial charge in [0.2, 0.25) is 11.8 Å². The Bertz CT molecular complexity index is 833. The fourth-order valence-corrected chi connectivity index (χ4v) is 2.66. The molecule has 0 aliphatic heterocycles. The Kier molecular flexibility index (Phi) is 6.97. The standard InChI is InChI=1S/C20H22N2O6/c1-12(23)21-17(10-13-2-6-15(24)7-3-13)19(26)22-18(20(27)28)11-14-4-8-16(25)9-5-14/h2-9,17-18,24-25H,10-11H2,1H3,(H,21,23)(H,22,26)(H,27,28)/t17-,18+/m1/s1. The van der Waals surface area contributed by atoms with E-state index < -0.39 is 29.9 Å². The quantitative estimate of drug-likeness (QED) is 0.458. The second-order valence-electron chi connectivity index (χ2n) is 6.39. The topological polar surface area (TPSA) is 136 Å². The number of hydrogen-bond donors (Lipinski definition) is 5. The maximum absolute atomic E-state index is 12.6. The first-order valence-corrected chi connectivity index (χ1v) is 8.60. The van der Waals surface area contributed by atoms with Crippen molar-refractivity contribution in [2.24, 2.45) is 0 Å². The lowest BCUT2D eigenvalue weighted by Crippen LogP contribution is -2.52. The molecule has 28 heavy (non-hydrogen) atoms. The molecule has 5 N–H and O–H groups in total. The minimum atomic E-state index is -1.22. The van der Waals surface area contributed by atoms with E-state index in [4.69, 9.17) is 0 Å². The van der Waals surface area contributed by atoms with Crippen LogP contribution >= 0.6 is 0 Å². The maximum Gasteiger partial charge on any atom is 0.326 e. The van der Waals surface area contributed by atoms with E-state index >= 15 is 0 Å². The van der Waals surface area contributed by atoms with Gasteiger partial charge in [0.1, 0.15) is 23.6 Å². The third-order valence-electron chi connectivity index (χ3n) is 4.06. The summed E-state index contributed by atoms with van der Waals surface area (Å²) in [4.78, 5) is 35.7. The van der Waals surface area contributed by atoms with E-state index in [0.29, 0.717) is 11.1 Å². The number of rotatable bonds is 8. The van der Waals surface area contributed by atoms with E-state index in [1.807, 2.05) is 0 Å². The number of carboxylic acids is 1. The van der Waals surface area contributed by atoms with E-state index in [1.54, 1.807) is 24.3 Å². The summed E-state index contributed by atoms with van der Waals surface area (Å²) in [6.07, 6.45) is 0.157. The van der Waals surface area contributed by atoms with Crippen molar-refractivity contribution in [2.75, 3.05) is 0 Å². The molecule has 2 amide bonds. The molecule has 8 heteroatoms. The van der Waals surface area contributed by atoms with Gasteiger partial charge in [-0.15, -0.1) is 0 Å². The highest BCUT2D eigenvalue weighted by atomic mass is 16.4. The largest absolute Gasteiger partial charge is 0.508 e. The number of phenolic OH excluding ortho intramolecular Hbond substituents is 2. The molecule has 2 rings (SSSR count). The molecular weight excluding hydrogens is 364 g/mol. The van der Waals surface area contributed by atoms with Crippen LogP contribution in [0.3, 0.4) is 0 Å². The Morgan fingerprint density at radius 3 is 1.61 bits per heavy atom. The van der Waals surface area contributed by atoms with E-state index in [0.717, 1.165) is 0 Å². The minimum Gasteiger partial charge on any atom is -0.508 e. The van der Waals surface area contributed by atoms with Gasteiger partial charge in [0.15, 0.2) is 0 Å². The maximum atomic E-state index is 12.6. The van der Waals surface area contributed by atoms with Crippen LogP contribution in [0.25, 0.3) is 0 Å². The number of aromatic hydroxyl groups is 2. The molecule has 8 nitrogen and oxygen atoms in total. The summed E-state index contributed by atoms with van der Waals surface area (Å²) in [7, 11) is 0. The number of phenols is 2. The molecule has 0 saturated heterocycles. The van der Waals surface area contributed by atoms with Crippen LogP contribution in [0.2, 0.25) is 0 Å². The summed E-state index contributed by atoms with van der Waals surface area (Å²) < 4.78 is 0. The molecule has 0 spiro atoms. The van der Waals surface area contributed by atoms with E-state index in [1.165, 1.54) is 31.2 Å². The van der Waals surface area contributed by atoms with Crippen molar-refractivity contribution in [2.45, 2.75) is 31.8 Å². The van der Waals surface area contributed by atoms with Crippen LogP contribution in [0.4, 0.5) is 0 Å². The number of aliphatic carboxylic acids is 1. The zero-order chi connectivity index (χ0) is 20.7. The van der Waals surface area contributed by atoms with Crippen molar-refractivity contribution in [1.82, 2.24) is 10.6 Å². The van der Waals surface area contributed by atoms with Crippen molar-refractivity contribution in [3.05, 3.63) is 59.7 Å². The average molecular weight is 386 g/mol. The summed E-state index contributed by atoms with van der Waals surface area (Å²) in [5.41, 5.74) is 1.32. The molecule has 0 heterocycles. The van der Waals surface area contributed by atoms with Gasteiger partial charge in [-0.25, -0.2) is 4.79 Å². The first kappa shape index (κ1) is 20.8. The first-order chi connectivity index (χ1) is 13.2. The van der Waals surface area contributed by atoms with Gasteiger partial charge in [-0.3, -0.25) is 9.59 Å². The van der Waals surface area contributed by atoms with Crippen molar-refractivity contribution >= 4 is 17.8 Å². The molecule has 2 aromatic rings. The molecule has 0 bridgehead atoms. The molecule has 2 atom stereocenters. The number of benzene rings is 2. The molecule has 0 saturated carbocycles. The normalized spacial score (nSPS) is 12.6. The lowest BCUT2D eigenvalue weighted by molar-refractivity contribution is -0.142. The van der Waals surface area contributed by atoms with Crippen LogP contribution in [0.5, 0.6) is 11.5 Å². The monoisotopic (exact) mass is 386 g/mol. The van der Waals surface area contributed by atoms with Crippen LogP contribution < -0.4 is 10.6 Å². The highest BCUT2D eigenvalue weighted by Crippen LogP contribution is 2.13. The van der Waals surface area contributed by atoms with Crippen molar-refractivity contribution in [3.63, 3.8) is 0 Å². The summed E-state index contributed by atoms with van der Waals surface area (Å²) in [6, 6.07) is 9.98. The third-order valence-corrected chi connectivity index (χ3v) is 4.06. The molecule has 0 unspecified atom stereocenters. The summed E-state index contributed by atoms with van der Waals surface area (Å²) >= 11 is 0. The van der Waals surface area contributed by atoms with Crippen LogP contribution in [-0.4, -0.2) is 45.2 Å². The van der Waals surface area contributed by atoms with E-state index in [9.17, 15) is 29.7 Å². The van der Waals surface area contributed by atoms with Crippen LogP contribution in [0, 0.1) is 0 Å². The van der Waals surface area contributed by atoms with Crippen LogP contribution in [0.1, 0.15) is 18.1 Å². The van der Waals surface area contributed by atoms with Gasteiger partial charge in [-0.2, -0.15) is 0 Å². The predicted octanol–water partition coefficient (Wildman–Crippen LogP) is 0.957. The van der Waals surface area contributed by atoms with Gasteiger partial charge in [0.05, 0.1) is 0 Å². The number of carbonyl (C=O) groups excluding carboxylic acids is 2. The number of carbonyl (C=O) groups is 3. The number of nitrogens with one attached hydrogen (secondary N) is 2. The van der Waals surface area contributed by atoms with Gasteiger partial charge in [-0.05, 0) is 35.4 Å². The second-order valence-corrected chi connectivity index (χ2v) is 6.39. The van der Waals surface area contributed by atoms with Gasteiger partial charge >= 0.3 is 5.97 Å².